The Hall–Kier alpha value is -2.64. The van der Waals surface area contributed by atoms with Gasteiger partial charge in [0.25, 0.3) is 0 Å². The third-order valence-electron chi connectivity index (χ3n) is 4.43. The minimum absolute atomic E-state index is 0.163. The van der Waals surface area contributed by atoms with Crippen molar-refractivity contribution < 1.29 is 19.2 Å². The van der Waals surface area contributed by atoms with Crippen molar-refractivity contribution in [3.63, 3.8) is 0 Å². The van der Waals surface area contributed by atoms with E-state index in [9.17, 15) is 19.2 Å². The van der Waals surface area contributed by atoms with Crippen molar-refractivity contribution in [2.45, 2.75) is 72.5 Å². The van der Waals surface area contributed by atoms with E-state index in [4.69, 9.17) is 5.73 Å². The first kappa shape index (κ1) is 24.4. The number of amides is 4. The first-order valence-corrected chi connectivity index (χ1v) is 9.91. The number of nitrogens with zero attached hydrogens (tertiary/aromatic N) is 1. The number of carbonyl (C=O) groups is 4. The molecule has 8 nitrogen and oxygen atoms in total. The van der Waals surface area contributed by atoms with E-state index in [2.05, 4.69) is 10.6 Å². The topological polar surface area (TPSA) is 122 Å². The second-order valence-corrected chi connectivity index (χ2v) is 8.48. The third-order valence-corrected chi connectivity index (χ3v) is 4.43. The number of allylic oxidation sites excluding steroid dienone is 2. The molecule has 0 spiro atoms. The molecule has 1 aliphatic heterocycles. The smallest absolute Gasteiger partial charge is 0.247 e. The molecule has 0 bridgehead atoms. The Labute approximate surface area is 172 Å². The maximum atomic E-state index is 12.9. The van der Waals surface area contributed by atoms with Crippen molar-refractivity contribution in [1.29, 1.82) is 0 Å². The van der Waals surface area contributed by atoms with Crippen molar-refractivity contribution in [2.24, 2.45) is 11.7 Å². The van der Waals surface area contributed by atoms with Gasteiger partial charge in [0.05, 0.1) is 0 Å². The second-order valence-electron chi connectivity index (χ2n) is 8.48. The van der Waals surface area contributed by atoms with Crippen molar-refractivity contribution in [2.75, 3.05) is 6.54 Å². The van der Waals surface area contributed by atoms with Gasteiger partial charge in [0.15, 0.2) is 0 Å². The normalized spacial score (nSPS) is 19.3. The monoisotopic (exact) mass is 406 g/mol. The number of likely N-dealkylation sites (tertiary alicyclic amines) is 1. The fraction of sp³-hybridized carbons (Fsp3) is 0.619. The minimum Gasteiger partial charge on any atom is -0.368 e. The molecule has 0 aliphatic carbocycles. The van der Waals surface area contributed by atoms with Gasteiger partial charge in [-0.15, -0.1) is 0 Å². The first-order valence-electron chi connectivity index (χ1n) is 9.91. The van der Waals surface area contributed by atoms with Gasteiger partial charge < -0.3 is 21.3 Å². The summed E-state index contributed by atoms with van der Waals surface area (Å²) in [6.45, 7) is 11.3. The van der Waals surface area contributed by atoms with Crippen LogP contribution in [0.5, 0.6) is 0 Å². The molecule has 0 aromatic carbocycles. The van der Waals surface area contributed by atoms with Crippen LogP contribution in [0.2, 0.25) is 0 Å². The highest BCUT2D eigenvalue weighted by Gasteiger charge is 2.40. The van der Waals surface area contributed by atoms with Gasteiger partial charge in [-0.2, -0.15) is 0 Å². The van der Waals surface area contributed by atoms with Crippen molar-refractivity contribution in [1.82, 2.24) is 15.5 Å². The van der Waals surface area contributed by atoms with Crippen LogP contribution < -0.4 is 16.4 Å². The Bertz CT molecular complexity index is 703. The molecule has 1 fully saturated rings. The van der Waals surface area contributed by atoms with Gasteiger partial charge in [-0.3, -0.25) is 19.2 Å². The van der Waals surface area contributed by atoms with Crippen LogP contribution in [0, 0.1) is 5.92 Å². The molecule has 4 amide bonds. The number of carbonyl (C=O) groups excluding carboxylic acids is 4. The van der Waals surface area contributed by atoms with Gasteiger partial charge in [0, 0.05) is 24.7 Å². The molecule has 0 radical (unpaired) electrons. The summed E-state index contributed by atoms with van der Waals surface area (Å²) >= 11 is 0. The molecule has 1 rings (SSSR count). The molecule has 0 aromatic rings. The van der Waals surface area contributed by atoms with Crippen LogP contribution in [0.4, 0.5) is 0 Å². The Balaban J connectivity index is 3.01. The lowest BCUT2D eigenvalue weighted by Gasteiger charge is -2.25. The molecule has 0 aromatic heterocycles. The highest BCUT2D eigenvalue weighted by molar-refractivity contribution is 5.96. The van der Waals surface area contributed by atoms with Crippen LogP contribution in [-0.4, -0.2) is 53.2 Å². The molecule has 8 heteroatoms. The Morgan fingerprint density at radius 2 is 1.66 bits per heavy atom. The number of hydrogen-bond acceptors (Lipinski definition) is 4. The largest absolute Gasteiger partial charge is 0.368 e. The van der Waals surface area contributed by atoms with Gasteiger partial charge in [-0.25, -0.2) is 0 Å². The molecular weight excluding hydrogens is 372 g/mol. The van der Waals surface area contributed by atoms with E-state index in [0.29, 0.717) is 6.42 Å². The maximum absolute atomic E-state index is 12.9. The van der Waals surface area contributed by atoms with Crippen LogP contribution in [0.3, 0.4) is 0 Å². The SMILES string of the molecule is CC(C)=CC(=O)NC1CC(C(=O)NC(CC(C)C)C(N)=O)N(C(=O)C=C(C)C)C1. The predicted molar refractivity (Wildman–Crippen MR) is 111 cm³/mol. The average Bonchev–Trinajstić information content (AvgIpc) is 2.96. The lowest BCUT2D eigenvalue weighted by Crippen LogP contribution is -2.52. The molecule has 29 heavy (non-hydrogen) atoms. The van der Waals surface area contributed by atoms with Crippen molar-refractivity contribution in [3.8, 4) is 0 Å². The van der Waals surface area contributed by atoms with Crippen molar-refractivity contribution >= 4 is 23.6 Å². The Kier molecular flexibility index (Phi) is 9.07. The quantitative estimate of drug-likeness (QED) is 0.521. The Morgan fingerprint density at radius 1 is 1.07 bits per heavy atom. The summed E-state index contributed by atoms with van der Waals surface area (Å²) in [6.07, 6.45) is 3.61. The molecule has 1 heterocycles. The van der Waals surface area contributed by atoms with Crippen LogP contribution >= 0.6 is 0 Å². The summed E-state index contributed by atoms with van der Waals surface area (Å²) in [5.41, 5.74) is 7.08. The highest BCUT2D eigenvalue weighted by Crippen LogP contribution is 2.20. The Morgan fingerprint density at radius 3 is 2.14 bits per heavy atom. The van der Waals surface area contributed by atoms with Crippen LogP contribution in [0.25, 0.3) is 0 Å². The highest BCUT2D eigenvalue weighted by atomic mass is 16.2. The molecule has 0 saturated carbocycles. The molecule has 1 saturated heterocycles. The second kappa shape index (κ2) is 10.8. The number of hydrogen-bond donors (Lipinski definition) is 3. The number of nitrogens with one attached hydrogen (secondary N) is 2. The summed E-state index contributed by atoms with van der Waals surface area (Å²) in [7, 11) is 0. The van der Waals surface area contributed by atoms with Gasteiger partial charge in [-0.1, -0.05) is 25.0 Å². The van der Waals surface area contributed by atoms with Gasteiger partial charge in [0.2, 0.25) is 23.6 Å². The minimum atomic E-state index is -0.803. The first-order chi connectivity index (χ1) is 13.4. The lowest BCUT2D eigenvalue weighted by atomic mass is 10.0. The zero-order chi connectivity index (χ0) is 22.3. The van der Waals surface area contributed by atoms with E-state index in [1.54, 1.807) is 13.8 Å². The van der Waals surface area contributed by atoms with Crippen LogP contribution in [0.1, 0.15) is 54.4 Å². The molecule has 3 atom stereocenters. The van der Waals surface area contributed by atoms with E-state index in [-0.39, 0.29) is 36.7 Å². The number of primary amides is 1. The van der Waals surface area contributed by atoms with E-state index >= 15 is 0 Å². The predicted octanol–water partition coefficient (Wildman–Crippen LogP) is 1.02. The molecule has 1 aliphatic rings. The summed E-state index contributed by atoms with van der Waals surface area (Å²) in [5, 5.41) is 5.52. The van der Waals surface area contributed by atoms with Crippen molar-refractivity contribution in [3.05, 3.63) is 23.3 Å². The lowest BCUT2D eigenvalue weighted by molar-refractivity contribution is -0.136. The van der Waals surface area contributed by atoms with E-state index in [1.165, 1.54) is 17.1 Å². The van der Waals surface area contributed by atoms with E-state index in [1.807, 2.05) is 27.7 Å². The van der Waals surface area contributed by atoms with Crippen LogP contribution in [0.15, 0.2) is 23.3 Å². The molecule has 162 valence electrons. The van der Waals surface area contributed by atoms with Gasteiger partial charge >= 0.3 is 0 Å². The summed E-state index contributed by atoms with van der Waals surface area (Å²) in [4.78, 5) is 50.7. The fourth-order valence-corrected chi connectivity index (χ4v) is 3.25. The molecular formula is C21H34N4O4. The van der Waals surface area contributed by atoms with E-state index in [0.717, 1.165) is 11.1 Å². The standard InChI is InChI=1S/C21H34N4O4/c1-12(2)7-16(20(22)28)24-21(29)17-10-15(23-18(26)8-13(3)4)11-25(17)19(27)9-14(5)6/h8-9,12,15-17H,7,10-11H2,1-6H3,(H2,22,28)(H,23,26)(H,24,29). The zero-order valence-corrected chi connectivity index (χ0v) is 18.2. The third kappa shape index (κ3) is 8.09. The van der Waals surface area contributed by atoms with Gasteiger partial charge in [0.1, 0.15) is 12.1 Å². The summed E-state index contributed by atoms with van der Waals surface area (Å²) in [5.74, 6) is -1.45. The van der Waals surface area contributed by atoms with Gasteiger partial charge in [-0.05, 0) is 46.5 Å². The molecule has 4 N–H and O–H groups in total. The zero-order valence-electron chi connectivity index (χ0n) is 18.2. The number of nitrogens with two attached hydrogens (primary N) is 1. The number of rotatable bonds is 8. The fourth-order valence-electron chi connectivity index (χ4n) is 3.25. The van der Waals surface area contributed by atoms with E-state index < -0.39 is 23.9 Å². The summed E-state index contributed by atoms with van der Waals surface area (Å²) in [6, 6.07) is -1.95. The summed E-state index contributed by atoms with van der Waals surface area (Å²) < 4.78 is 0. The van der Waals surface area contributed by atoms with Crippen LogP contribution in [-0.2, 0) is 19.2 Å². The molecule has 3 unspecified atom stereocenters. The maximum Gasteiger partial charge on any atom is 0.247 e. The average molecular weight is 407 g/mol.